The maximum absolute atomic E-state index is 12.6. The molecule has 0 saturated heterocycles. The molecule has 0 aromatic rings. The topological polar surface area (TPSA) is 101 Å². The molecule has 0 aliphatic rings. The van der Waals surface area contributed by atoms with Gasteiger partial charge in [0.25, 0.3) is 0 Å². The lowest BCUT2D eigenvalue weighted by atomic mass is 10.0. The molecule has 0 N–H and O–H groups in total. The van der Waals surface area contributed by atoms with Gasteiger partial charge in [0.2, 0.25) is 0 Å². The quantitative estimate of drug-likeness (QED) is 0.0257. The normalized spacial score (nSPS) is 11.8. The van der Waals surface area contributed by atoms with Crippen LogP contribution in [0, 0.1) is 0 Å². The molecular weight excluding hydrogens is 731 g/mol. The van der Waals surface area contributed by atoms with Crippen molar-refractivity contribution in [2.45, 2.75) is 213 Å². The van der Waals surface area contributed by atoms with E-state index in [1.165, 1.54) is 38.5 Å². The van der Waals surface area contributed by atoms with E-state index in [2.05, 4.69) is 30.9 Å². The summed E-state index contributed by atoms with van der Waals surface area (Å²) in [5, 5.41) is 0. The van der Waals surface area contributed by atoms with Crippen LogP contribution in [0.15, 0.2) is 24.3 Å². The molecule has 0 aliphatic heterocycles. The van der Waals surface area contributed by atoms with Crippen molar-refractivity contribution in [3.63, 3.8) is 0 Å². The highest BCUT2D eigenvalue weighted by molar-refractivity contribution is 5.70. The van der Waals surface area contributed by atoms with Crippen LogP contribution in [0.3, 0.4) is 0 Å². The average Bonchev–Trinajstić information content (AvgIpc) is 3.20. The molecule has 0 heterocycles. The highest BCUT2D eigenvalue weighted by atomic mass is 16.5. The maximum Gasteiger partial charge on any atom is 0.306 e. The van der Waals surface area contributed by atoms with E-state index < -0.39 is 0 Å². The summed E-state index contributed by atoms with van der Waals surface area (Å²) >= 11 is 0. The first-order valence-corrected chi connectivity index (χ1v) is 24.0. The van der Waals surface area contributed by atoms with E-state index in [1.54, 1.807) is 0 Å². The number of ether oxygens (including phenoxy) is 5. The van der Waals surface area contributed by atoms with Gasteiger partial charge in [-0.25, -0.2) is 0 Å². The lowest BCUT2D eigenvalue weighted by Gasteiger charge is -2.18. The molecule has 9 heteroatoms. The van der Waals surface area contributed by atoms with E-state index in [4.69, 9.17) is 23.7 Å². The smallest absolute Gasteiger partial charge is 0.306 e. The summed E-state index contributed by atoms with van der Waals surface area (Å²) in [6.45, 7) is 9.33. The second-order valence-corrected chi connectivity index (χ2v) is 16.3. The van der Waals surface area contributed by atoms with Crippen LogP contribution in [0.5, 0.6) is 0 Å². The zero-order chi connectivity index (χ0) is 42.4. The fraction of sp³-hybridized carbons (Fsp3) is 0.857. The number of hydrogen-bond acceptors (Lipinski definition) is 9. The van der Waals surface area contributed by atoms with Crippen molar-refractivity contribution in [1.29, 1.82) is 0 Å². The summed E-state index contributed by atoms with van der Waals surface area (Å²) in [4.78, 5) is 38.8. The van der Waals surface area contributed by atoms with E-state index >= 15 is 0 Å². The van der Waals surface area contributed by atoms with Crippen LogP contribution in [0.1, 0.15) is 206 Å². The molecule has 0 aromatic carbocycles. The summed E-state index contributed by atoms with van der Waals surface area (Å²) in [7, 11) is 4.05. The molecule has 0 amide bonds. The first-order valence-electron chi connectivity index (χ1n) is 24.0. The van der Waals surface area contributed by atoms with E-state index in [1.807, 2.05) is 26.2 Å². The van der Waals surface area contributed by atoms with Gasteiger partial charge in [0, 0.05) is 45.7 Å². The Hall–Kier alpha value is -2.23. The molecule has 0 bridgehead atoms. The van der Waals surface area contributed by atoms with Gasteiger partial charge >= 0.3 is 17.9 Å². The number of unbranched alkanes of at least 4 members (excludes halogenated alkanes) is 18. The van der Waals surface area contributed by atoms with Gasteiger partial charge in [0.05, 0.1) is 0 Å². The standard InChI is InChI=1S/C49H91NO8/c1-5-7-9-27-40-54-42-29-19-21-31-44-56-47(51)36-25-17-13-11-15-23-34-46(58-49(53)38-33-39-50(3)4)35-24-16-12-14-18-26-37-48(52)57-45-32-22-20-30-43-55-41-28-10-8-6-2/h21-22,31-32,46H,5-20,23-30,33-45H2,1-4H3/b31-21+,32-22+. The second kappa shape index (κ2) is 45.8. The summed E-state index contributed by atoms with van der Waals surface area (Å²) in [5.74, 6) is -0.307. The minimum absolute atomic E-state index is 0.0122. The number of rotatable bonds is 45. The van der Waals surface area contributed by atoms with Crippen LogP contribution in [0.4, 0.5) is 0 Å². The van der Waals surface area contributed by atoms with Gasteiger partial charge in [-0.3, -0.25) is 14.4 Å². The Balaban J connectivity index is 4.00. The number of carbonyl (C=O) groups is 3. The molecule has 340 valence electrons. The molecule has 0 rings (SSSR count). The molecule has 0 aromatic heterocycles. The van der Waals surface area contributed by atoms with Crippen LogP contribution in [-0.2, 0) is 38.1 Å². The van der Waals surface area contributed by atoms with Crippen molar-refractivity contribution in [3.8, 4) is 0 Å². The highest BCUT2D eigenvalue weighted by Gasteiger charge is 2.14. The van der Waals surface area contributed by atoms with E-state index in [0.29, 0.717) is 32.5 Å². The summed E-state index contributed by atoms with van der Waals surface area (Å²) in [6.07, 6.45) is 38.4. The minimum atomic E-state index is -0.116. The zero-order valence-electron chi connectivity index (χ0n) is 38.3. The Morgan fingerprint density at radius 2 is 0.845 bits per heavy atom. The van der Waals surface area contributed by atoms with E-state index in [-0.39, 0.29) is 24.0 Å². The Labute approximate surface area is 357 Å². The Kier molecular flexibility index (Phi) is 44.1. The SMILES string of the molecule is CCCCCCOCCC/C=C/COC(=O)CCCCCCCCC(CCCCCCCCC(=O)OC/C=C/CCCOCCCCCC)OC(=O)CCCN(C)C. The van der Waals surface area contributed by atoms with Crippen molar-refractivity contribution in [2.75, 3.05) is 60.3 Å². The van der Waals surface area contributed by atoms with Crippen molar-refractivity contribution in [2.24, 2.45) is 0 Å². The number of nitrogens with zero attached hydrogens (tertiary/aromatic N) is 1. The Morgan fingerprint density at radius 3 is 1.29 bits per heavy atom. The fourth-order valence-electron chi connectivity index (χ4n) is 6.61. The van der Waals surface area contributed by atoms with Crippen molar-refractivity contribution in [1.82, 2.24) is 4.90 Å². The van der Waals surface area contributed by atoms with Crippen molar-refractivity contribution < 1.29 is 38.1 Å². The van der Waals surface area contributed by atoms with Crippen LogP contribution >= 0.6 is 0 Å². The summed E-state index contributed by atoms with van der Waals surface area (Å²) < 4.78 is 28.0. The van der Waals surface area contributed by atoms with Gasteiger partial charge in [-0.2, -0.15) is 0 Å². The minimum Gasteiger partial charge on any atom is -0.462 e. The van der Waals surface area contributed by atoms with Crippen LogP contribution < -0.4 is 0 Å². The van der Waals surface area contributed by atoms with Gasteiger partial charge in [-0.15, -0.1) is 0 Å². The molecule has 0 unspecified atom stereocenters. The number of esters is 3. The molecule has 0 saturated carbocycles. The first-order chi connectivity index (χ1) is 28.4. The van der Waals surface area contributed by atoms with Crippen LogP contribution in [0.25, 0.3) is 0 Å². The van der Waals surface area contributed by atoms with Crippen molar-refractivity contribution >= 4 is 17.9 Å². The average molecular weight is 822 g/mol. The zero-order valence-corrected chi connectivity index (χ0v) is 38.3. The molecule has 0 atom stereocenters. The maximum atomic E-state index is 12.6. The third kappa shape index (κ3) is 44.9. The molecule has 0 radical (unpaired) electrons. The van der Waals surface area contributed by atoms with Gasteiger partial charge in [0.15, 0.2) is 0 Å². The number of hydrogen-bond donors (Lipinski definition) is 0. The lowest BCUT2D eigenvalue weighted by Crippen LogP contribution is -2.20. The molecule has 0 aliphatic carbocycles. The molecule has 0 fully saturated rings. The number of carbonyl (C=O) groups excluding carboxylic acids is 3. The Morgan fingerprint density at radius 1 is 0.448 bits per heavy atom. The van der Waals surface area contributed by atoms with Crippen molar-refractivity contribution in [3.05, 3.63) is 24.3 Å². The monoisotopic (exact) mass is 822 g/mol. The first kappa shape index (κ1) is 55.8. The van der Waals surface area contributed by atoms with Gasteiger partial charge < -0.3 is 28.6 Å². The molecular formula is C49H91NO8. The Bertz CT molecular complexity index is 906. The highest BCUT2D eigenvalue weighted by Crippen LogP contribution is 2.18. The van der Waals surface area contributed by atoms with Gasteiger partial charge in [-0.1, -0.05) is 128 Å². The predicted molar refractivity (Wildman–Crippen MR) is 240 cm³/mol. The van der Waals surface area contributed by atoms with E-state index in [0.717, 1.165) is 168 Å². The van der Waals surface area contributed by atoms with Gasteiger partial charge in [0.1, 0.15) is 19.3 Å². The van der Waals surface area contributed by atoms with Crippen LogP contribution in [0.2, 0.25) is 0 Å². The number of allylic oxidation sites excluding steroid dienone is 2. The van der Waals surface area contributed by atoms with Crippen LogP contribution in [-0.4, -0.2) is 89.2 Å². The summed E-state index contributed by atoms with van der Waals surface area (Å²) in [6, 6.07) is 0. The molecule has 58 heavy (non-hydrogen) atoms. The van der Waals surface area contributed by atoms with E-state index in [9.17, 15) is 14.4 Å². The third-order valence-corrected chi connectivity index (χ3v) is 10.2. The largest absolute Gasteiger partial charge is 0.462 e. The molecule has 9 nitrogen and oxygen atoms in total. The summed E-state index contributed by atoms with van der Waals surface area (Å²) in [5.41, 5.74) is 0. The van der Waals surface area contributed by atoms with Gasteiger partial charge in [-0.05, 0) is 104 Å². The predicted octanol–water partition coefficient (Wildman–Crippen LogP) is 12.4. The third-order valence-electron chi connectivity index (χ3n) is 10.2. The molecule has 0 spiro atoms. The fourth-order valence-corrected chi connectivity index (χ4v) is 6.61. The lowest BCUT2D eigenvalue weighted by molar-refractivity contribution is -0.150. The second-order valence-electron chi connectivity index (χ2n) is 16.3.